The van der Waals surface area contributed by atoms with Crippen LogP contribution < -0.4 is 0 Å². The third kappa shape index (κ3) is 4.21. The van der Waals surface area contributed by atoms with Gasteiger partial charge in [-0.25, -0.2) is 0 Å². The lowest BCUT2D eigenvalue weighted by Crippen LogP contribution is -2.28. The highest BCUT2D eigenvalue weighted by atomic mass is 16.4. The van der Waals surface area contributed by atoms with Gasteiger partial charge >= 0.3 is 5.84 Å². The van der Waals surface area contributed by atoms with Crippen LogP contribution in [0.5, 0.6) is 0 Å². The van der Waals surface area contributed by atoms with E-state index in [9.17, 15) is 0 Å². The minimum atomic E-state index is -0.514. The molecule has 0 unspecified atom stereocenters. The Labute approximate surface area is 323 Å². The summed E-state index contributed by atoms with van der Waals surface area (Å²) in [5.41, 5.74) is 16.2. The third-order valence-electron chi connectivity index (χ3n) is 11.9. The van der Waals surface area contributed by atoms with E-state index in [1.807, 2.05) is 12.1 Å². The largest absolute Gasteiger partial charge is 0.423 e. The molecule has 8 aromatic carbocycles. The number of aromatic nitrogens is 3. The monoisotopic (exact) mass is 715 g/mol. The smallest absolute Gasteiger partial charge is 0.307 e. The first-order chi connectivity index (χ1) is 27.8. The van der Waals surface area contributed by atoms with Gasteiger partial charge in [0.1, 0.15) is 5.69 Å². The Balaban J connectivity index is 1.10. The van der Waals surface area contributed by atoms with Gasteiger partial charge in [0.2, 0.25) is 0 Å². The van der Waals surface area contributed by atoms with Crippen molar-refractivity contribution in [3.05, 3.63) is 222 Å². The summed E-state index contributed by atoms with van der Waals surface area (Å²) in [7, 11) is 0. The number of hydrogen-bond acceptors (Lipinski definition) is 2. The Bertz CT molecular complexity index is 3200. The number of benzene rings is 8. The molecule has 0 amide bonds. The number of fused-ring (bicyclic) bond motifs is 9. The summed E-state index contributed by atoms with van der Waals surface area (Å²) < 4.78 is 11.0. The third-order valence-corrected chi connectivity index (χ3v) is 11.9. The van der Waals surface area contributed by atoms with Gasteiger partial charge < -0.3 is 8.98 Å². The lowest BCUT2D eigenvalue weighted by atomic mass is 9.67. The second kappa shape index (κ2) is 11.8. The maximum Gasteiger partial charge on any atom is 0.307 e. The number of imidazole rings is 1. The molecule has 0 bridgehead atoms. The first-order valence-corrected chi connectivity index (χ1v) is 19.1. The van der Waals surface area contributed by atoms with Crippen LogP contribution in [-0.4, -0.2) is 14.0 Å². The quantitative estimate of drug-likeness (QED) is 0.178. The molecule has 0 spiro atoms. The Morgan fingerprint density at radius 2 is 1.00 bits per heavy atom. The zero-order chi connectivity index (χ0) is 36.8. The predicted octanol–water partition coefficient (Wildman–Crippen LogP) is 12.9. The maximum absolute atomic E-state index is 6.47. The van der Waals surface area contributed by atoms with Crippen LogP contribution in [0, 0.1) is 0 Å². The van der Waals surface area contributed by atoms with Crippen molar-refractivity contribution in [2.75, 3.05) is 0 Å². The molecule has 1 aliphatic rings. The first kappa shape index (κ1) is 31.0. The molecule has 3 aromatic heterocycles. The minimum Gasteiger partial charge on any atom is -0.423 e. The van der Waals surface area contributed by atoms with E-state index in [-0.39, 0.29) is 0 Å². The molecule has 11 aromatic rings. The van der Waals surface area contributed by atoms with Crippen LogP contribution in [0.2, 0.25) is 0 Å². The van der Waals surface area contributed by atoms with Crippen molar-refractivity contribution in [1.29, 1.82) is 0 Å². The fourth-order valence-corrected chi connectivity index (χ4v) is 9.55. The molecule has 0 atom stereocenters. The lowest BCUT2D eigenvalue weighted by molar-refractivity contribution is 0.642. The van der Waals surface area contributed by atoms with E-state index in [0.29, 0.717) is 5.84 Å². The standard InChI is InChI=1S/C52H33N3O/c1-3-15-36(16-4-1)52(37-17-5-2-6-18-37)43-22-10-7-19-39(43)40-32-29-35(33-44(40)52)49-50(55-47-25-13-14-26-48(47)56-51(55)53-49)34-27-30-38(31-28-34)54-45-23-11-8-20-41(45)42-21-9-12-24-46(42)54/h1-33H. The van der Waals surface area contributed by atoms with Gasteiger partial charge in [-0.15, -0.1) is 0 Å². The molecule has 56 heavy (non-hydrogen) atoms. The van der Waals surface area contributed by atoms with Gasteiger partial charge in [-0.05, 0) is 75.8 Å². The van der Waals surface area contributed by atoms with Gasteiger partial charge in [0, 0.05) is 27.6 Å². The second-order valence-corrected chi connectivity index (χ2v) is 14.7. The van der Waals surface area contributed by atoms with Crippen LogP contribution in [0.25, 0.3) is 78.1 Å². The summed E-state index contributed by atoms with van der Waals surface area (Å²) in [5, 5.41) is 2.50. The molecule has 0 fully saturated rings. The Morgan fingerprint density at radius 3 is 1.70 bits per heavy atom. The van der Waals surface area contributed by atoms with E-state index in [2.05, 4.69) is 197 Å². The Morgan fingerprint density at radius 1 is 0.446 bits per heavy atom. The fourth-order valence-electron chi connectivity index (χ4n) is 9.55. The van der Waals surface area contributed by atoms with Crippen LogP contribution in [0.1, 0.15) is 22.3 Å². The summed E-state index contributed by atoms with van der Waals surface area (Å²) in [6.07, 6.45) is 0. The van der Waals surface area contributed by atoms with Crippen molar-refractivity contribution < 1.29 is 4.42 Å². The topological polar surface area (TPSA) is 35.4 Å². The molecule has 0 saturated heterocycles. The van der Waals surface area contributed by atoms with Crippen LogP contribution >= 0.6 is 0 Å². The molecule has 3 heterocycles. The van der Waals surface area contributed by atoms with Gasteiger partial charge in [-0.1, -0.05) is 158 Å². The summed E-state index contributed by atoms with van der Waals surface area (Å²) in [5.74, 6) is 0.573. The summed E-state index contributed by atoms with van der Waals surface area (Å²) in [6, 6.07) is 72.1. The molecule has 4 nitrogen and oxygen atoms in total. The maximum atomic E-state index is 6.47. The predicted molar refractivity (Wildman–Crippen MR) is 227 cm³/mol. The lowest BCUT2D eigenvalue weighted by Gasteiger charge is -2.34. The van der Waals surface area contributed by atoms with Crippen molar-refractivity contribution in [2.45, 2.75) is 5.41 Å². The fraction of sp³-hybridized carbons (Fsp3) is 0.0192. The summed E-state index contributed by atoms with van der Waals surface area (Å²) in [4.78, 5) is 5.31. The van der Waals surface area contributed by atoms with Crippen LogP contribution in [0.3, 0.4) is 0 Å². The number of para-hydroxylation sites is 4. The normalized spacial score (nSPS) is 13.1. The molecule has 0 radical (unpaired) electrons. The SMILES string of the molecule is c1ccc(C2(c3ccccc3)c3ccccc3-c3ccc(-c4nc5oc6ccccc6n5c4-c4ccc(-n5c6ccccc6c6ccccc65)cc4)cc32)cc1. The Hall–Kier alpha value is -7.43. The van der Waals surface area contributed by atoms with E-state index in [1.54, 1.807) is 0 Å². The van der Waals surface area contributed by atoms with E-state index < -0.39 is 5.41 Å². The summed E-state index contributed by atoms with van der Waals surface area (Å²) in [6.45, 7) is 0. The van der Waals surface area contributed by atoms with Crippen molar-refractivity contribution in [1.82, 2.24) is 14.0 Å². The molecule has 262 valence electrons. The van der Waals surface area contributed by atoms with Crippen molar-refractivity contribution >= 4 is 38.7 Å². The zero-order valence-corrected chi connectivity index (χ0v) is 30.3. The Kier molecular flexibility index (Phi) is 6.52. The average Bonchev–Trinajstić information content (AvgIpc) is 4.00. The van der Waals surface area contributed by atoms with Crippen LogP contribution in [0.4, 0.5) is 0 Å². The number of rotatable bonds is 5. The van der Waals surface area contributed by atoms with Gasteiger partial charge in [0.15, 0.2) is 5.58 Å². The molecule has 0 aliphatic heterocycles. The number of oxazole rings is 1. The molecule has 0 saturated carbocycles. The van der Waals surface area contributed by atoms with Crippen LogP contribution in [-0.2, 0) is 5.41 Å². The highest BCUT2D eigenvalue weighted by molar-refractivity contribution is 6.09. The zero-order valence-electron chi connectivity index (χ0n) is 30.3. The number of nitrogens with zero attached hydrogens (tertiary/aromatic N) is 3. The summed E-state index contributed by atoms with van der Waals surface area (Å²) >= 11 is 0. The highest BCUT2D eigenvalue weighted by Gasteiger charge is 2.46. The van der Waals surface area contributed by atoms with E-state index in [1.165, 1.54) is 55.2 Å². The van der Waals surface area contributed by atoms with Gasteiger partial charge in [0.25, 0.3) is 0 Å². The average molecular weight is 716 g/mol. The highest BCUT2D eigenvalue weighted by Crippen LogP contribution is 2.57. The number of hydrogen-bond donors (Lipinski definition) is 0. The molecule has 4 heteroatoms. The minimum absolute atomic E-state index is 0.514. The van der Waals surface area contributed by atoms with Crippen molar-refractivity contribution in [3.63, 3.8) is 0 Å². The second-order valence-electron chi connectivity index (χ2n) is 14.7. The molecular formula is C52H33N3O. The van der Waals surface area contributed by atoms with Crippen molar-refractivity contribution in [3.8, 4) is 39.3 Å². The molecule has 1 aliphatic carbocycles. The van der Waals surface area contributed by atoms with E-state index in [4.69, 9.17) is 9.40 Å². The van der Waals surface area contributed by atoms with Crippen molar-refractivity contribution in [2.24, 2.45) is 0 Å². The molecule has 12 rings (SSSR count). The van der Waals surface area contributed by atoms with Crippen LogP contribution in [0.15, 0.2) is 205 Å². The van der Waals surface area contributed by atoms with E-state index in [0.717, 1.165) is 39.3 Å². The molecule has 0 N–H and O–H groups in total. The van der Waals surface area contributed by atoms with Gasteiger partial charge in [-0.2, -0.15) is 4.98 Å². The molecular weight excluding hydrogens is 683 g/mol. The first-order valence-electron chi connectivity index (χ1n) is 19.1. The van der Waals surface area contributed by atoms with Gasteiger partial charge in [-0.3, -0.25) is 4.40 Å². The van der Waals surface area contributed by atoms with E-state index >= 15 is 0 Å². The van der Waals surface area contributed by atoms with Gasteiger partial charge in [0.05, 0.1) is 27.7 Å².